The van der Waals surface area contributed by atoms with Crippen molar-refractivity contribution in [2.24, 2.45) is 5.41 Å². The molecule has 2 N–H and O–H groups in total. The molecule has 3 heteroatoms. The smallest absolute Gasteiger partial charge is 0.0684 e. The monoisotopic (exact) mass is 246 g/mol. The quantitative estimate of drug-likeness (QED) is 0.775. The van der Waals surface area contributed by atoms with Crippen LogP contribution in [0.4, 0.5) is 0 Å². The third-order valence-electron chi connectivity index (χ3n) is 3.03. The molecule has 0 saturated carbocycles. The van der Waals surface area contributed by atoms with E-state index >= 15 is 0 Å². The summed E-state index contributed by atoms with van der Waals surface area (Å²) in [6.07, 6.45) is 1.60. The number of nitrogens with one attached hydrogen (secondary N) is 1. The average Bonchev–Trinajstić information content (AvgIpc) is 2.38. The van der Waals surface area contributed by atoms with Crippen molar-refractivity contribution < 1.29 is 5.11 Å². The average molecular weight is 246 g/mol. The van der Waals surface area contributed by atoms with Gasteiger partial charge in [0.25, 0.3) is 0 Å². The summed E-state index contributed by atoms with van der Waals surface area (Å²) < 4.78 is 0. The molecule has 1 aromatic rings. The maximum absolute atomic E-state index is 9.35. The first kappa shape index (κ1) is 14.7. The number of nitriles is 1. The number of nitrogens with zero attached hydrogens (tertiary/aromatic N) is 1. The Bertz CT molecular complexity index is 381. The number of benzene rings is 1. The van der Waals surface area contributed by atoms with Gasteiger partial charge in [0.15, 0.2) is 0 Å². The fraction of sp³-hybridized carbons (Fsp3) is 0.533. The number of rotatable bonds is 7. The molecular formula is C15H22N2O. The molecule has 0 heterocycles. The van der Waals surface area contributed by atoms with Crippen LogP contribution in [0.2, 0.25) is 0 Å². The summed E-state index contributed by atoms with van der Waals surface area (Å²) in [5, 5.41) is 21.6. The van der Waals surface area contributed by atoms with Gasteiger partial charge in [0, 0.05) is 6.04 Å². The number of hydrogen-bond donors (Lipinski definition) is 2. The Morgan fingerprint density at radius 2 is 2.00 bits per heavy atom. The second kappa shape index (κ2) is 7.15. The first-order valence-corrected chi connectivity index (χ1v) is 6.37. The molecule has 0 saturated heterocycles. The molecule has 0 amide bonds. The van der Waals surface area contributed by atoms with E-state index in [0.717, 1.165) is 19.4 Å². The Labute approximate surface area is 109 Å². The molecule has 1 aromatic carbocycles. The van der Waals surface area contributed by atoms with Crippen molar-refractivity contribution in [3.05, 3.63) is 35.9 Å². The van der Waals surface area contributed by atoms with Crippen LogP contribution >= 0.6 is 0 Å². The van der Waals surface area contributed by atoms with Crippen molar-refractivity contribution in [1.29, 1.82) is 5.26 Å². The maximum Gasteiger partial charge on any atom is 0.0684 e. The predicted molar refractivity (Wildman–Crippen MR) is 73.0 cm³/mol. The van der Waals surface area contributed by atoms with Gasteiger partial charge in [0.1, 0.15) is 0 Å². The SMILES string of the molecule is CC(C)(C#N)CCNC(CO)Cc1ccccc1. The minimum Gasteiger partial charge on any atom is -0.395 e. The van der Waals surface area contributed by atoms with Gasteiger partial charge < -0.3 is 10.4 Å². The number of hydrogen-bond acceptors (Lipinski definition) is 3. The Hall–Kier alpha value is -1.37. The van der Waals surface area contributed by atoms with E-state index in [1.165, 1.54) is 5.56 Å². The number of aliphatic hydroxyl groups is 1. The van der Waals surface area contributed by atoms with Gasteiger partial charge in [-0.05, 0) is 38.8 Å². The van der Waals surface area contributed by atoms with E-state index in [9.17, 15) is 5.11 Å². The zero-order chi connectivity index (χ0) is 13.4. The van der Waals surface area contributed by atoms with E-state index in [1.807, 2.05) is 32.0 Å². The van der Waals surface area contributed by atoms with Gasteiger partial charge in [0.2, 0.25) is 0 Å². The van der Waals surface area contributed by atoms with E-state index in [1.54, 1.807) is 0 Å². The molecule has 98 valence electrons. The van der Waals surface area contributed by atoms with E-state index in [2.05, 4.69) is 23.5 Å². The van der Waals surface area contributed by atoms with Crippen molar-refractivity contribution in [3.8, 4) is 6.07 Å². The van der Waals surface area contributed by atoms with E-state index in [4.69, 9.17) is 5.26 Å². The van der Waals surface area contributed by atoms with Crippen LogP contribution in [0.15, 0.2) is 30.3 Å². The van der Waals surface area contributed by atoms with Crippen LogP contribution in [0, 0.1) is 16.7 Å². The lowest BCUT2D eigenvalue weighted by Gasteiger charge is -2.20. The van der Waals surface area contributed by atoms with Crippen LogP contribution in [0.25, 0.3) is 0 Å². The Morgan fingerprint density at radius 1 is 1.33 bits per heavy atom. The summed E-state index contributed by atoms with van der Waals surface area (Å²) in [6.45, 7) is 4.72. The third-order valence-corrected chi connectivity index (χ3v) is 3.03. The Balaban J connectivity index is 2.37. The highest BCUT2D eigenvalue weighted by molar-refractivity contribution is 5.15. The molecule has 0 radical (unpaired) electrons. The highest BCUT2D eigenvalue weighted by Crippen LogP contribution is 2.17. The van der Waals surface area contributed by atoms with E-state index in [0.29, 0.717) is 0 Å². The fourth-order valence-corrected chi connectivity index (χ4v) is 1.74. The van der Waals surface area contributed by atoms with Crippen LogP contribution in [0.1, 0.15) is 25.8 Å². The maximum atomic E-state index is 9.35. The molecule has 0 aliphatic rings. The highest BCUT2D eigenvalue weighted by Gasteiger charge is 2.17. The van der Waals surface area contributed by atoms with Crippen molar-refractivity contribution in [1.82, 2.24) is 5.32 Å². The molecule has 1 rings (SSSR count). The Morgan fingerprint density at radius 3 is 2.56 bits per heavy atom. The predicted octanol–water partition coefficient (Wildman–Crippen LogP) is 2.12. The lowest BCUT2D eigenvalue weighted by molar-refractivity contribution is 0.237. The van der Waals surface area contributed by atoms with Gasteiger partial charge in [0.05, 0.1) is 18.1 Å². The summed E-state index contributed by atoms with van der Waals surface area (Å²) in [4.78, 5) is 0. The molecule has 0 fully saturated rings. The largest absolute Gasteiger partial charge is 0.395 e. The Kier molecular flexibility index (Phi) is 5.84. The van der Waals surface area contributed by atoms with Crippen molar-refractivity contribution >= 4 is 0 Å². The normalized spacial score (nSPS) is 13.0. The van der Waals surface area contributed by atoms with Gasteiger partial charge in [-0.2, -0.15) is 5.26 Å². The van der Waals surface area contributed by atoms with Crippen LogP contribution in [0.3, 0.4) is 0 Å². The summed E-state index contributed by atoms with van der Waals surface area (Å²) in [6, 6.07) is 12.4. The highest BCUT2D eigenvalue weighted by atomic mass is 16.3. The van der Waals surface area contributed by atoms with E-state index in [-0.39, 0.29) is 18.1 Å². The van der Waals surface area contributed by atoms with Gasteiger partial charge in [-0.1, -0.05) is 30.3 Å². The van der Waals surface area contributed by atoms with E-state index < -0.39 is 0 Å². The van der Waals surface area contributed by atoms with Crippen molar-refractivity contribution in [2.75, 3.05) is 13.2 Å². The first-order chi connectivity index (χ1) is 8.57. The van der Waals surface area contributed by atoms with Crippen molar-refractivity contribution in [2.45, 2.75) is 32.7 Å². The lowest BCUT2D eigenvalue weighted by atomic mass is 9.91. The van der Waals surface area contributed by atoms with Crippen LogP contribution in [0.5, 0.6) is 0 Å². The van der Waals surface area contributed by atoms with Gasteiger partial charge in [-0.25, -0.2) is 0 Å². The molecule has 0 aliphatic carbocycles. The summed E-state index contributed by atoms with van der Waals surface area (Å²) in [5.41, 5.74) is 0.906. The van der Waals surface area contributed by atoms with Gasteiger partial charge in [-0.3, -0.25) is 0 Å². The fourth-order valence-electron chi connectivity index (χ4n) is 1.74. The second-order valence-electron chi connectivity index (χ2n) is 5.27. The third kappa shape index (κ3) is 5.31. The van der Waals surface area contributed by atoms with Gasteiger partial charge in [-0.15, -0.1) is 0 Å². The molecule has 0 aromatic heterocycles. The molecule has 18 heavy (non-hydrogen) atoms. The first-order valence-electron chi connectivity index (χ1n) is 6.37. The molecule has 1 atom stereocenters. The zero-order valence-corrected chi connectivity index (χ0v) is 11.2. The van der Waals surface area contributed by atoms with Crippen LogP contribution in [-0.4, -0.2) is 24.3 Å². The molecule has 0 bridgehead atoms. The molecule has 0 spiro atoms. The van der Waals surface area contributed by atoms with Crippen molar-refractivity contribution in [3.63, 3.8) is 0 Å². The van der Waals surface area contributed by atoms with Crippen LogP contribution < -0.4 is 5.32 Å². The topological polar surface area (TPSA) is 56.0 Å². The van der Waals surface area contributed by atoms with Gasteiger partial charge >= 0.3 is 0 Å². The summed E-state index contributed by atoms with van der Waals surface area (Å²) in [7, 11) is 0. The molecular weight excluding hydrogens is 224 g/mol. The molecule has 1 unspecified atom stereocenters. The minimum atomic E-state index is -0.306. The second-order valence-corrected chi connectivity index (χ2v) is 5.27. The minimum absolute atomic E-state index is 0.0573. The standard InChI is InChI=1S/C15H22N2O/c1-15(2,12-16)8-9-17-14(11-18)10-13-6-4-3-5-7-13/h3-7,14,17-18H,8-11H2,1-2H3. The van der Waals surface area contributed by atoms with Crippen LogP contribution in [-0.2, 0) is 6.42 Å². The zero-order valence-electron chi connectivity index (χ0n) is 11.2. The lowest BCUT2D eigenvalue weighted by Crippen LogP contribution is -2.36. The number of aliphatic hydroxyl groups excluding tert-OH is 1. The molecule has 0 aliphatic heterocycles. The summed E-state index contributed by atoms with van der Waals surface area (Å²) >= 11 is 0. The molecule has 3 nitrogen and oxygen atoms in total. The summed E-state index contributed by atoms with van der Waals surface area (Å²) in [5.74, 6) is 0.